The van der Waals surface area contributed by atoms with Gasteiger partial charge in [0.2, 0.25) is 23.6 Å². The van der Waals surface area contributed by atoms with E-state index in [1.165, 1.54) is 0 Å². The second-order valence-electron chi connectivity index (χ2n) is 11.0. The fraction of sp³-hybridized carbons (Fsp3) is 0.731. The number of nitrogens with zero attached hydrogens (tertiary/aromatic N) is 1. The number of carbonyl (C=O) groups excluding carboxylic acids is 6. The minimum Gasteiger partial charge on any atom is -0.370 e. The van der Waals surface area contributed by atoms with E-state index >= 15 is 0 Å². The molecule has 3 aliphatic rings. The van der Waals surface area contributed by atoms with Crippen LogP contribution in [-0.2, 0) is 28.8 Å². The molecular formula is C26H42N8O6. The predicted octanol–water partition coefficient (Wildman–Crippen LogP) is -2.43. The van der Waals surface area contributed by atoms with Crippen molar-refractivity contribution >= 4 is 41.2 Å². The summed E-state index contributed by atoms with van der Waals surface area (Å²) in [6, 6.07) is -3.26. The summed E-state index contributed by atoms with van der Waals surface area (Å²) in [5.74, 6) is -6.04. The van der Waals surface area contributed by atoms with Crippen LogP contribution in [0.2, 0.25) is 0 Å². The Morgan fingerprint density at radius 1 is 0.825 bits per heavy atom. The first-order chi connectivity index (χ1) is 18.9. The molecule has 3 heterocycles. The number of Topliss-reactive ketones (excluding diaryl/α,β-unsaturated/α-hetero) is 2. The monoisotopic (exact) mass is 562 g/mol. The highest BCUT2D eigenvalue weighted by Gasteiger charge is 2.48. The Morgan fingerprint density at radius 3 is 2.08 bits per heavy atom. The second-order valence-corrected chi connectivity index (χ2v) is 11.0. The third-order valence-electron chi connectivity index (χ3n) is 8.23. The standard InChI is InChI=1S/C26H42N8O6/c1-3-4-7-16-25(40)34-19(11-31-16)20(35)14-9-17(32-23(38)12(14)2)21(36)15-10-18(22(27)37)33-24(39)13(15)6-5-8-30-26(28)29/h12-19,31H,3-11H2,1-2H3,(H2,27,37)(H,32,38)(H,33,39)(H,34,40)(H4,28,29,30)/t12-,13+,14?,15?,16-,17-,18+,19+/m0/s1. The molecule has 3 rings (SSSR count). The van der Waals surface area contributed by atoms with E-state index < -0.39 is 65.3 Å². The van der Waals surface area contributed by atoms with Crippen LogP contribution in [0.15, 0.2) is 4.99 Å². The van der Waals surface area contributed by atoms with E-state index in [0.29, 0.717) is 12.8 Å². The number of piperazine rings is 1. The van der Waals surface area contributed by atoms with E-state index in [1.54, 1.807) is 6.92 Å². The molecule has 222 valence electrons. The number of nitrogens with one attached hydrogen (secondary N) is 4. The van der Waals surface area contributed by atoms with Gasteiger partial charge < -0.3 is 38.5 Å². The lowest BCUT2D eigenvalue weighted by Crippen LogP contribution is -2.64. The van der Waals surface area contributed by atoms with Crippen LogP contribution in [0.25, 0.3) is 0 Å². The van der Waals surface area contributed by atoms with Gasteiger partial charge in [0, 0.05) is 36.8 Å². The number of ketones is 2. The Balaban J connectivity index is 1.74. The van der Waals surface area contributed by atoms with Gasteiger partial charge in [-0.3, -0.25) is 33.8 Å². The first kappa shape index (κ1) is 31.0. The topological polar surface area (TPSA) is 241 Å². The molecule has 10 N–H and O–H groups in total. The molecule has 0 aromatic heterocycles. The highest BCUT2D eigenvalue weighted by molar-refractivity contribution is 6.01. The van der Waals surface area contributed by atoms with Gasteiger partial charge in [0.15, 0.2) is 17.5 Å². The molecular weight excluding hydrogens is 520 g/mol. The highest BCUT2D eigenvalue weighted by atomic mass is 16.2. The molecule has 3 aliphatic heterocycles. The summed E-state index contributed by atoms with van der Waals surface area (Å²) in [6.45, 7) is 4.14. The van der Waals surface area contributed by atoms with Gasteiger partial charge in [-0.25, -0.2) is 0 Å². The summed E-state index contributed by atoms with van der Waals surface area (Å²) in [5, 5.41) is 11.2. The fourth-order valence-electron chi connectivity index (χ4n) is 5.85. The molecule has 0 spiro atoms. The summed E-state index contributed by atoms with van der Waals surface area (Å²) in [7, 11) is 0. The van der Waals surface area contributed by atoms with Crippen molar-refractivity contribution in [1.29, 1.82) is 0 Å². The molecule has 0 aromatic rings. The number of carbonyl (C=O) groups is 6. The van der Waals surface area contributed by atoms with Crippen molar-refractivity contribution in [3.05, 3.63) is 0 Å². The molecule has 2 unspecified atom stereocenters. The number of unbranched alkanes of at least 4 members (excludes halogenated alkanes) is 1. The predicted molar refractivity (Wildman–Crippen MR) is 145 cm³/mol. The lowest BCUT2D eigenvalue weighted by molar-refractivity contribution is -0.146. The molecule has 40 heavy (non-hydrogen) atoms. The third kappa shape index (κ3) is 7.34. The fourth-order valence-corrected chi connectivity index (χ4v) is 5.85. The van der Waals surface area contributed by atoms with Crippen molar-refractivity contribution in [2.24, 2.45) is 45.9 Å². The highest BCUT2D eigenvalue weighted by Crippen LogP contribution is 2.33. The molecule has 8 atom stereocenters. The van der Waals surface area contributed by atoms with Crippen molar-refractivity contribution in [2.45, 2.75) is 83.0 Å². The number of guanidine groups is 1. The normalized spacial score (nSPS) is 32.3. The molecule has 0 bridgehead atoms. The lowest BCUT2D eigenvalue weighted by Gasteiger charge is -2.40. The van der Waals surface area contributed by atoms with E-state index in [1.807, 2.05) is 6.92 Å². The van der Waals surface area contributed by atoms with Gasteiger partial charge in [-0.2, -0.15) is 0 Å². The number of primary amides is 1. The van der Waals surface area contributed by atoms with Gasteiger partial charge in [-0.05, 0) is 32.1 Å². The summed E-state index contributed by atoms with van der Waals surface area (Å²) in [4.78, 5) is 81.5. The molecule has 3 fully saturated rings. The molecule has 0 saturated carbocycles. The van der Waals surface area contributed by atoms with E-state index in [4.69, 9.17) is 17.2 Å². The Hall–Kier alpha value is -3.55. The van der Waals surface area contributed by atoms with Gasteiger partial charge in [-0.1, -0.05) is 26.7 Å². The molecule has 3 saturated heterocycles. The molecule has 14 heteroatoms. The molecule has 0 radical (unpaired) electrons. The number of aliphatic imine (C=N–C) groups is 1. The van der Waals surface area contributed by atoms with Crippen LogP contribution >= 0.6 is 0 Å². The summed E-state index contributed by atoms with van der Waals surface area (Å²) < 4.78 is 0. The van der Waals surface area contributed by atoms with Crippen LogP contribution in [0.4, 0.5) is 0 Å². The number of hydrogen-bond donors (Lipinski definition) is 7. The largest absolute Gasteiger partial charge is 0.370 e. The van der Waals surface area contributed by atoms with Crippen molar-refractivity contribution in [3.63, 3.8) is 0 Å². The van der Waals surface area contributed by atoms with Crippen LogP contribution in [0.3, 0.4) is 0 Å². The van der Waals surface area contributed by atoms with Gasteiger partial charge in [0.25, 0.3) is 0 Å². The Bertz CT molecular complexity index is 1040. The second kappa shape index (κ2) is 13.7. The molecule has 0 aromatic carbocycles. The van der Waals surface area contributed by atoms with Crippen molar-refractivity contribution < 1.29 is 28.8 Å². The van der Waals surface area contributed by atoms with Crippen LogP contribution in [0.1, 0.15) is 58.8 Å². The Morgan fingerprint density at radius 2 is 1.45 bits per heavy atom. The van der Waals surface area contributed by atoms with Crippen molar-refractivity contribution in [1.82, 2.24) is 21.3 Å². The lowest BCUT2D eigenvalue weighted by atomic mass is 9.71. The molecule has 0 aliphatic carbocycles. The van der Waals surface area contributed by atoms with E-state index in [0.717, 1.165) is 12.8 Å². The number of amides is 4. The number of nitrogens with two attached hydrogens (primary N) is 3. The van der Waals surface area contributed by atoms with Gasteiger partial charge in [0.1, 0.15) is 12.1 Å². The van der Waals surface area contributed by atoms with Gasteiger partial charge in [-0.15, -0.1) is 0 Å². The number of hydrogen-bond acceptors (Lipinski definition) is 8. The van der Waals surface area contributed by atoms with Crippen LogP contribution in [-0.4, -0.2) is 78.4 Å². The van der Waals surface area contributed by atoms with E-state index in [9.17, 15) is 28.8 Å². The molecule has 14 nitrogen and oxygen atoms in total. The first-order valence-corrected chi connectivity index (χ1v) is 14.0. The van der Waals surface area contributed by atoms with E-state index in [-0.39, 0.29) is 56.0 Å². The maximum absolute atomic E-state index is 13.8. The average molecular weight is 563 g/mol. The summed E-state index contributed by atoms with van der Waals surface area (Å²) >= 11 is 0. The van der Waals surface area contributed by atoms with Gasteiger partial charge in [0.05, 0.1) is 12.1 Å². The zero-order valence-electron chi connectivity index (χ0n) is 23.1. The minimum absolute atomic E-state index is 0.0187. The van der Waals surface area contributed by atoms with Crippen LogP contribution in [0.5, 0.6) is 0 Å². The van der Waals surface area contributed by atoms with Crippen molar-refractivity contribution in [3.8, 4) is 0 Å². The molecule has 4 amide bonds. The van der Waals surface area contributed by atoms with E-state index in [2.05, 4.69) is 26.3 Å². The first-order valence-electron chi connectivity index (χ1n) is 14.0. The van der Waals surface area contributed by atoms with Crippen LogP contribution in [0, 0.1) is 23.7 Å². The summed E-state index contributed by atoms with van der Waals surface area (Å²) in [5.41, 5.74) is 16.2. The zero-order valence-corrected chi connectivity index (χ0v) is 23.1. The summed E-state index contributed by atoms with van der Waals surface area (Å²) in [6.07, 6.45) is 3.16. The maximum atomic E-state index is 13.8. The average Bonchev–Trinajstić information content (AvgIpc) is 2.91. The zero-order chi connectivity index (χ0) is 29.6. The minimum atomic E-state index is -1.04. The van der Waals surface area contributed by atoms with Crippen LogP contribution < -0.4 is 38.5 Å². The Kier molecular flexibility index (Phi) is 10.6. The van der Waals surface area contributed by atoms with Crippen molar-refractivity contribution in [2.75, 3.05) is 13.1 Å². The number of rotatable bonds is 12. The third-order valence-corrected chi connectivity index (χ3v) is 8.23. The quantitative estimate of drug-likeness (QED) is 0.0759. The Labute approximate surface area is 233 Å². The SMILES string of the molecule is CCCC[C@@H]1NC[C@H](C(=O)C2C[C@@H](C(=O)C3C[C@H](C(N)=O)NC(=O)[C@@H]3CCCN=C(N)N)NC(=O)[C@H]2C)NC1=O. The maximum Gasteiger partial charge on any atom is 0.240 e. The van der Waals surface area contributed by atoms with Gasteiger partial charge >= 0.3 is 0 Å². The smallest absolute Gasteiger partial charge is 0.240 e. The number of piperidine rings is 2.